The fourth-order valence-corrected chi connectivity index (χ4v) is 6.14. The van der Waals surface area contributed by atoms with Crippen LogP contribution < -0.4 is 0 Å². The van der Waals surface area contributed by atoms with Crippen molar-refractivity contribution in [3.05, 3.63) is 60.2 Å². The van der Waals surface area contributed by atoms with Gasteiger partial charge in [-0.2, -0.15) is 4.31 Å². The van der Waals surface area contributed by atoms with Gasteiger partial charge < -0.3 is 0 Å². The van der Waals surface area contributed by atoms with Gasteiger partial charge >= 0.3 is 0 Å². The summed E-state index contributed by atoms with van der Waals surface area (Å²) in [6.45, 7) is 2.09. The second kappa shape index (κ2) is 6.31. The van der Waals surface area contributed by atoms with Crippen LogP contribution in [0.2, 0.25) is 0 Å². The Bertz CT molecular complexity index is 920. The molecule has 1 aliphatic heterocycles. The summed E-state index contributed by atoms with van der Waals surface area (Å²) in [7, 11) is -7.19. The van der Waals surface area contributed by atoms with Crippen molar-refractivity contribution in [3.63, 3.8) is 0 Å². The topological polar surface area (TPSA) is 71.5 Å². The van der Waals surface area contributed by atoms with E-state index in [0.29, 0.717) is 6.42 Å². The van der Waals surface area contributed by atoms with Gasteiger partial charge in [-0.15, -0.1) is 0 Å². The number of sulfone groups is 1. The van der Waals surface area contributed by atoms with Gasteiger partial charge in [-0.3, -0.25) is 0 Å². The maximum absolute atomic E-state index is 12.7. The van der Waals surface area contributed by atoms with Gasteiger partial charge in [0.15, 0.2) is 9.84 Å². The third kappa shape index (κ3) is 3.11. The molecule has 5 nitrogen and oxygen atoms in total. The second-order valence-electron chi connectivity index (χ2n) is 5.94. The molecule has 1 aliphatic rings. The Labute approximate surface area is 142 Å². The zero-order chi connectivity index (χ0) is 17.4. The average Bonchev–Trinajstić information content (AvgIpc) is 3.08. The summed E-state index contributed by atoms with van der Waals surface area (Å²) in [5.74, 6) is 0. The van der Waals surface area contributed by atoms with E-state index < -0.39 is 25.1 Å². The zero-order valence-corrected chi connectivity index (χ0v) is 14.9. The van der Waals surface area contributed by atoms with E-state index in [4.69, 9.17) is 0 Å². The molecule has 0 radical (unpaired) electrons. The van der Waals surface area contributed by atoms with E-state index >= 15 is 0 Å². The molecule has 1 unspecified atom stereocenters. The average molecular weight is 365 g/mol. The van der Waals surface area contributed by atoms with Crippen LogP contribution in [-0.4, -0.2) is 39.5 Å². The molecule has 0 saturated carbocycles. The number of sulfonamides is 1. The van der Waals surface area contributed by atoms with Gasteiger partial charge in [0.05, 0.1) is 15.0 Å². The molecule has 128 valence electrons. The summed E-state index contributed by atoms with van der Waals surface area (Å²) < 4.78 is 52.0. The van der Waals surface area contributed by atoms with Gasteiger partial charge in [-0.05, 0) is 37.6 Å². The predicted octanol–water partition coefficient (Wildman–Crippen LogP) is 2.23. The minimum atomic E-state index is -3.66. The standard InChI is InChI=1S/C17H19NO4S2/c1-14-7-9-16(10-8-14)24(21,22)18-12-11-17(13-18)23(19,20)15-5-3-2-4-6-15/h2-10,17H,11-13H2,1H3. The minimum absolute atomic E-state index is 0.00651. The molecule has 0 aromatic heterocycles. The third-order valence-corrected chi connectivity index (χ3v) is 8.35. The van der Waals surface area contributed by atoms with Gasteiger partial charge in [-0.1, -0.05) is 35.9 Å². The number of benzene rings is 2. The highest BCUT2D eigenvalue weighted by molar-refractivity contribution is 7.92. The van der Waals surface area contributed by atoms with Crippen molar-refractivity contribution in [1.29, 1.82) is 0 Å². The van der Waals surface area contributed by atoms with Gasteiger partial charge in [0.2, 0.25) is 10.0 Å². The molecule has 1 atom stereocenters. The highest BCUT2D eigenvalue weighted by atomic mass is 32.2. The molecule has 0 aliphatic carbocycles. The van der Waals surface area contributed by atoms with E-state index in [9.17, 15) is 16.8 Å². The van der Waals surface area contributed by atoms with Crippen LogP contribution in [0.15, 0.2) is 64.4 Å². The van der Waals surface area contributed by atoms with Crippen LogP contribution in [0.25, 0.3) is 0 Å². The Morgan fingerprint density at radius 3 is 2.12 bits per heavy atom. The molecule has 0 amide bonds. The van der Waals surface area contributed by atoms with E-state index in [0.717, 1.165) is 5.56 Å². The lowest BCUT2D eigenvalue weighted by Crippen LogP contribution is -2.32. The van der Waals surface area contributed by atoms with Crippen molar-refractivity contribution in [2.24, 2.45) is 0 Å². The first-order chi connectivity index (χ1) is 11.3. The summed E-state index contributed by atoms with van der Waals surface area (Å²) >= 11 is 0. The highest BCUT2D eigenvalue weighted by Crippen LogP contribution is 2.28. The summed E-state index contributed by atoms with van der Waals surface area (Å²) in [5.41, 5.74) is 0.972. The van der Waals surface area contributed by atoms with Crippen LogP contribution >= 0.6 is 0 Å². The van der Waals surface area contributed by atoms with Gasteiger partial charge in [0, 0.05) is 13.1 Å². The number of aryl methyl sites for hydroxylation is 1. The SMILES string of the molecule is Cc1ccc(S(=O)(=O)N2CCC(S(=O)(=O)c3ccccc3)C2)cc1. The lowest BCUT2D eigenvalue weighted by molar-refractivity contribution is 0.476. The van der Waals surface area contributed by atoms with Crippen LogP contribution in [-0.2, 0) is 19.9 Å². The Morgan fingerprint density at radius 1 is 0.875 bits per heavy atom. The zero-order valence-electron chi connectivity index (χ0n) is 13.3. The molecule has 1 saturated heterocycles. The molecule has 7 heteroatoms. The van der Waals surface area contributed by atoms with Crippen molar-refractivity contribution >= 4 is 19.9 Å². The molecule has 24 heavy (non-hydrogen) atoms. The lowest BCUT2D eigenvalue weighted by atomic mass is 10.2. The van der Waals surface area contributed by atoms with Crippen LogP contribution in [0.5, 0.6) is 0 Å². The van der Waals surface area contributed by atoms with E-state index in [1.54, 1.807) is 54.6 Å². The Balaban J connectivity index is 1.84. The molecular weight excluding hydrogens is 346 g/mol. The summed E-state index contributed by atoms with van der Waals surface area (Å²) in [5, 5.41) is -0.708. The normalized spacial score (nSPS) is 19.5. The molecule has 1 fully saturated rings. The highest BCUT2D eigenvalue weighted by Gasteiger charge is 2.39. The molecule has 2 aromatic carbocycles. The molecule has 3 rings (SSSR count). The van der Waals surface area contributed by atoms with Crippen molar-refractivity contribution in [3.8, 4) is 0 Å². The second-order valence-corrected chi connectivity index (χ2v) is 10.1. The fourth-order valence-electron chi connectivity index (χ4n) is 2.83. The van der Waals surface area contributed by atoms with Crippen LogP contribution in [0, 0.1) is 6.92 Å². The largest absolute Gasteiger partial charge is 0.243 e. The van der Waals surface area contributed by atoms with Gasteiger partial charge in [0.25, 0.3) is 0 Å². The number of hydrogen-bond acceptors (Lipinski definition) is 4. The number of rotatable bonds is 4. The van der Waals surface area contributed by atoms with Gasteiger partial charge in [0.1, 0.15) is 0 Å². The molecule has 0 N–H and O–H groups in total. The first-order valence-electron chi connectivity index (χ1n) is 7.67. The molecule has 0 spiro atoms. The van der Waals surface area contributed by atoms with Crippen molar-refractivity contribution < 1.29 is 16.8 Å². The molecule has 2 aromatic rings. The lowest BCUT2D eigenvalue weighted by Gasteiger charge is -2.17. The van der Waals surface area contributed by atoms with Crippen LogP contribution in [0.4, 0.5) is 0 Å². The Kier molecular flexibility index (Phi) is 4.50. The quantitative estimate of drug-likeness (QED) is 0.833. The minimum Gasteiger partial charge on any atom is -0.223 e. The van der Waals surface area contributed by atoms with Crippen LogP contribution in [0.3, 0.4) is 0 Å². The first-order valence-corrected chi connectivity index (χ1v) is 10.7. The first kappa shape index (κ1) is 17.1. The Morgan fingerprint density at radius 2 is 1.50 bits per heavy atom. The molecule has 1 heterocycles. The third-order valence-electron chi connectivity index (χ3n) is 4.28. The van der Waals surface area contributed by atoms with Crippen molar-refractivity contribution in [1.82, 2.24) is 4.31 Å². The summed E-state index contributed by atoms with van der Waals surface area (Å²) in [6.07, 6.45) is 0.308. The van der Waals surface area contributed by atoms with Crippen molar-refractivity contribution in [2.45, 2.75) is 28.4 Å². The van der Waals surface area contributed by atoms with E-state index in [2.05, 4.69) is 0 Å². The maximum atomic E-state index is 12.7. The van der Waals surface area contributed by atoms with Crippen LogP contribution in [0.1, 0.15) is 12.0 Å². The summed E-state index contributed by atoms with van der Waals surface area (Å²) in [4.78, 5) is 0.440. The van der Waals surface area contributed by atoms with E-state index in [1.165, 1.54) is 4.31 Å². The maximum Gasteiger partial charge on any atom is 0.243 e. The predicted molar refractivity (Wildman–Crippen MR) is 92.0 cm³/mol. The van der Waals surface area contributed by atoms with Crippen molar-refractivity contribution in [2.75, 3.05) is 13.1 Å². The van der Waals surface area contributed by atoms with E-state index in [1.807, 2.05) is 6.92 Å². The summed E-state index contributed by atoms with van der Waals surface area (Å²) in [6, 6.07) is 14.8. The smallest absolute Gasteiger partial charge is 0.223 e. The molecular formula is C17H19NO4S2. The monoisotopic (exact) mass is 365 g/mol. The fraction of sp³-hybridized carbons (Fsp3) is 0.294. The van der Waals surface area contributed by atoms with Gasteiger partial charge in [-0.25, -0.2) is 16.8 Å². The number of hydrogen-bond donors (Lipinski definition) is 0. The molecule has 0 bridgehead atoms. The Hall–Kier alpha value is -1.70. The number of nitrogens with zero attached hydrogens (tertiary/aromatic N) is 1. The van der Waals surface area contributed by atoms with E-state index in [-0.39, 0.29) is 22.9 Å².